The first-order valence-corrected chi connectivity index (χ1v) is 5.50. The quantitative estimate of drug-likeness (QED) is 0.790. The molecule has 0 amide bonds. The van der Waals surface area contributed by atoms with Crippen LogP contribution in [-0.2, 0) is 11.2 Å². The van der Waals surface area contributed by atoms with Crippen LogP contribution in [0.15, 0.2) is 24.4 Å². The molecule has 1 aromatic heterocycles. The molecule has 0 spiro atoms. The molecule has 2 rings (SSSR count). The van der Waals surface area contributed by atoms with Crippen molar-refractivity contribution < 1.29 is 4.79 Å². The van der Waals surface area contributed by atoms with Gasteiger partial charge >= 0.3 is 0 Å². The molecule has 0 aliphatic heterocycles. The number of rotatable bonds is 2. The van der Waals surface area contributed by atoms with Gasteiger partial charge in [0.05, 0.1) is 0 Å². The third-order valence-electron chi connectivity index (χ3n) is 2.21. The van der Waals surface area contributed by atoms with Crippen LogP contribution in [0.5, 0.6) is 0 Å². The number of hydrogen-bond acceptors (Lipinski definition) is 2. The van der Waals surface area contributed by atoms with E-state index >= 15 is 0 Å². The first-order valence-electron chi connectivity index (χ1n) is 5.12. The molecule has 0 saturated carbocycles. The van der Waals surface area contributed by atoms with Crippen molar-refractivity contribution in [1.29, 1.82) is 0 Å². The Morgan fingerprint density at radius 3 is 2.75 bits per heavy atom. The second-order valence-corrected chi connectivity index (χ2v) is 3.70. The van der Waals surface area contributed by atoms with Crippen molar-refractivity contribution >= 4 is 28.8 Å². The molecule has 86 valence electrons. The maximum Gasteiger partial charge on any atom is 0.133 e. The molecular weight excluding hydrogens is 224 g/mol. The van der Waals surface area contributed by atoms with E-state index in [4.69, 9.17) is 16.4 Å². The van der Waals surface area contributed by atoms with E-state index < -0.39 is 0 Å². The van der Waals surface area contributed by atoms with Crippen molar-refractivity contribution in [3.8, 4) is 0 Å². The molecule has 0 atom stereocenters. The van der Waals surface area contributed by atoms with E-state index in [1.54, 1.807) is 0 Å². The van der Waals surface area contributed by atoms with Crippen LogP contribution in [-0.4, -0.2) is 17.8 Å². The first kappa shape index (κ1) is 12.7. The number of carbonyl (C=O) groups excluding carboxylic acids is 1. The number of aromatic nitrogens is 1. The van der Waals surface area contributed by atoms with Gasteiger partial charge < -0.3 is 15.5 Å². The largest absolute Gasteiger partial charge is 0.361 e. The fourth-order valence-corrected chi connectivity index (χ4v) is 1.62. The predicted molar refractivity (Wildman–Crippen MR) is 67.8 cm³/mol. The minimum absolute atomic E-state index is 0.139. The zero-order valence-corrected chi connectivity index (χ0v) is 9.92. The lowest BCUT2D eigenvalue weighted by Gasteiger charge is -1.93. The van der Waals surface area contributed by atoms with Crippen LogP contribution in [0, 0.1) is 0 Å². The molecular formula is C12H15ClN2O. The molecule has 1 heterocycles. The number of aryl methyl sites for hydroxylation is 1. The minimum Gasteiger partial charge on any atom is -0.361 e. The number of halogens is 1. The Bertz CT molecular complexity index is 465. The normalized spacial score (nSPS) is 9.69. The summed E-state index contributed by atoms with van der Waals surface area (Å²) < 4.78 is 0. The Kier molecular flexibility index (Phi) is 5.02. The first-order chi connectivity index (χ1) is 7.72. The van der Waals surface area contributed by atoms with Crippen LogP contribution in [0.25, 0.3) is 10.9 Å². The minimum atomic E-state index is 0.139. The van der Waals surface area contributed by atoms with Gasteiger partial charge in [-0.1, -0.05) is 18.5 Å². The highest BCUT2D eigenvalue weighted by molar-refractivity contribution is 6.31. The summed E-state index contributed by atoms with van der Waals surface area (Å²) in [5.74, 6) is 0. The number of aromatic amines is 1. The van der Waals surface area contributed by atoms with Gasteiger partial charge in [-0.2, -0.15) is 0 Å². The summed E-state index contributed by atoms with van der Waals surface area (Å²) in [4.78, 5) is 12.3. The van der Waals surface area contributed by atoms with Gasteiger partial charge in [0.1, 0.15) is 6.29 Å². The van der Waals surface area contributed by atoms with Crippen LogP contribution in [0.2, 0.25) is 5.02 Å². The maximum absolute atomic E-state index is 9.05. The Hall–Kier alpha value is -1.32. The standard InChI is InChI=1S/C10H10ClN.C2H5NO/c1-2-7-6-12-10-4-3-8(11)5-9(7)10;3-1-2-4/h3-6,12H,2H2,1H3;2H,1,3H2. The molecule has 4 heteroatoms. The van der Waals surface area contributed by atoms with E-state index in [1.165, 1.54) is 10.9 Å². The Morgan fingerprint density at radius 1 is 1.50 bits per heavy atom. The molecule has 3 nitrogen and oxygen atoms in total. The van der Waals surface area contributed by atoms with E-state index in [1.807, 2.05) is 24.4 Å². The van der Waals surface area contributed by atoms with E-state index in [0.29, 0.717) is 6.29 Å². The van der Waals surface area contributed by atoms with Crippen LogP contribution in [0.4, 0.5) is 0 Å². The number of aldehydes is 1. The van der Waals surface area contributed by atoms with Crippen LogP contribution < -0.4 is 5.73 Å². The van der Waals surface area contributed by atoms with Gasteiger partial charge in [0.15, 0.2) is 0 Å². The summed E-state index contributed by atoms with van der Waals surface area (Å²) in [5.41, 5.74) is 7.15. The molecule has 16 heavy (non-hydrogen) atoms. The van der Waals surface area contributed by atoms with Gasteiger partial charge in [-0.15, -0.1) is 0 Å². The lowest BCUT2D eigenvalue weighted by molar-refractivity contribution is -0.106. The van der Waals surface area contributed by atoms with E-state index in [0.717, 1.165) is 17.0 Å². The highest BCUT2D eigenvalue weighted by Crippen LogP contribution is 2.22. The highest BCUT2D eigenvalue weighted by Gasteiger charge is 2.00. The number of H-pyrrole nitrogens is 1. The smallest absolute Gasteiger partial charge is 0.133 e. The third-order valence-corrected chi connectivity index (χ3v) is 2.44. The molecule has 1 aromatic carbocycles. The van der Waals surface area contributed by atoms with E-state index in [2.05, 4.69) is 17.6 Å². The molecule has 0 radical (unpaired) electrons. The fourth-order valence-electron chi connectivity index (χ4n) is 1.44. The van der Waals surface area contributed by atoms with Gasteiger partial charge in [0, 0.05) is 28.7 Å². The number of nitrogens with one attached hydrogen (secondary N) is 1. The van der Waals surface area contributed by atoms with Crippen molar-refractivity contribution in [1.82, 2.24) is 4.98 Å². The lowest BCUT2D eigenvalue weighted by atomic mass is 10.1. The molecule has 0 fully saturated rings. The van der Waals surface area contributed by atoms with Crippen LogP contribution in [0.3, 0.4) is 0 Å². The van der Waals surface area contributed by atoms with Crippen molar-refractivity contribution in [3.05, 3.63) is 35.0 Å². The monoisotopic (exact) mass is 238 g/mol. The SMILES string of the molecule is CCc1c[nH]c2ccc(Cl)cc12.NCC=O. The van der Waals surface area contributed by atoms with Gasteiger partial charge in [0.25, 0.3) is 0 Å². The molecule has 0 aliphatic rings. The van der Waals surface area contributed by atoms with E-state index in [9.17, 15) is 0 Å². The molecule has 2 aromatic rings. The zero-order chi connectivity index (χ0) is 12.0. The van der Waals surface area contributed by atoms with Crippen LogP contribution in [0.1, 0.15) is 12.5 Å². The second-order valence-electron chi connectivity index (χ2n) is 3.26. The molecule has 0 bridgehead atoms. The highest BCUT2D eigenvalue weighted by atomic mass is 35.5. The average molecular weight is 239 g/mol. The summed E-state index contributed by atoms with van der Waals surface area (Å²) in [6, 6.07) is 5.92. The average Bonchev–Trinajstić information content (AvgIpc) is 2.71. The fraction of sp³-hybridized carbons (Fsp3) is 0.250. The van der Waals surface area contributed by atoms with Gasteiger partial charge in [0.2, 0.25) is 0 Å². The number of hydrogen-bond donors (Lipinski definition) is 2. The third kappa shape index (κ3) is 3.08. The van der Waals surface area contributed by atoms with Crippen molar-refractivity contribution in [2.24, 2.45) is 5.73 Å². The molecule has 0 unspecified atom stereocenters. The van der Waals surface area contributed by atoms with E-state index in [-0.39, 0.29) is 6.54 Å². The second kappa shape index (κ2) is 6.30. The van der Waals surface area contributed by atoms with Crippen molar-refractivity contribution in [3.63, 3.8) is 0 Å². The molecule has 3 N–H and O–H groups in total. The van der Waals surface area contributed by atoms with Crippen LogP contribution >= 0.6 is 11.6 Å². The van der Waals surface area contributed by atoms with Gasteiger partial charge in [-0.25, -0.2) is 0 Å². The summed E-state index contributed by atoms with van der Waals surface area (Å²) >= 11 is 5.89. The number of benzene rings is 1. The lowest BCUT2D eigenvalue weighted by Crippen LogP contribution is -1.97. The topological polar surface area (TPSA) is 58.9 Å². The number of nitrogens with two attached hydrogens (primary N) is 1. The van der Waals surface area contributed by atoms with Gasteiger partial charge in [-0.05, 0) is 30.2 Å². The number of fused-ring (bicyclic) bond motifs is 1. The summed E-state index contributed by atoms with van der Waals surface area (Å²) in [6.07, 6.45) is 3.74. The van der Waals surface area contributed by atoms with Crippen molar-refractivity contribution in [2.75, 3.05) is 6.54 Å². The maximum atomic E-state index is 9.05. The number of carbonyl (C=O) groups is 1. The predicted octanol–water partition coefficient (Wildman–Crippen LogP) is 2.53. The Labute approximate surface area is 99.6 Å². The Balaban J connectivity index is 0.000000280. The summed E-state index contributed by atoms with van der Waals surface area (Å²) in [6.45, 7) is 2.28. The van der Waals surface area contributed by atoms with Gasteiger partial charge in [-0.3, -0.25) is 0 Å². The molecule has 0 aliphatic carbocycles. The van der Waals surface area contributed by atoms with Crippen molar-refractivity contribution in [2.45, 2.75) is 13.3 Å². The molecule has 0 saturated heterocycles. The summed E-state index contributed by atoms with van der Waals surface area (Å²) in [7, 11) is 0. The Morgan fingerprint density at radius 2 is 2.19 bits per heavy atom. The zero-order valence-electron chi connectivity index (χ0n) is 9.16. The summed E-state index contributed by atoms with van der Waals surface area (Å²) in [5, 5.41) is 2.04.